The third kappa shape index (κ3) is 7.77. The Kier molecular flexibility index (Phi) is 10.3. The maximum absolute atomic E-state index is 14.1. The largest absolute Gasteiger partial charge is 0.488 e. The van der Waals surface area contributed by atoms with Crippen molar-refractivity contribution < 1.29 is 32.3 Å². The molecule has 0 unspecified atom stereocenters. The second kappa shape index (κ2) is 14.3. The van der Waals surface area contributed by atoms with E-state index in [-0.39, 0.29) is 56.4 Å². The lowest BCUT2D eigenvalue weighted by Crippen LogP contribution is -2.61. The molecule has 0 radical (unpaired) electrons. The quantitative estimate of drug-likeness (QED) is 0.224. The fraction of sp³-hybridized carbons (Fsp3) is 0.364. The normalized spacial score (nSPS) is 16.4. The Morgan fingerprint density at radius 3 is 2.47 bits per heavy atom. The van der Waals surface area contributed by atoms with Crippen molar-refractivity contribution in [3.8, 4) is 5.75 Å². The third-order valence-corrected chi connectivity index (χ3v) is 8.29. The van der Waals surface area contributed by atoms with Crippen molar-refractivity contribution in [3.05, 3.63) is 93.8 Å². The van der Waals surface area contributed by atoms with Gasteiger partial charge in [-0.05, 0) is 72.7 Å². The Balaban J connectivity index is 1.26. The molecule has 1 aliphatic heterocycles. The van der Waals surface area contributed by atoms with Gasteiger partial charge in [0, 0.05) is 36.9 Å². The molecule has 3 aromatic rings. The first-order valence-electron chi connectivity index (χ1n) is 14.8. The highest BCUT2D eigenvalue weighted by Gasteiger charge is 2.41. The van der Waals surface area contributed by atoms with Crippen LogP contribution in [0.1, 0.15) is 36.0 Å². The molecule has 0 aromatic heterocycles. The summed E-state index contributed by atoms with van der Waals surface area (Å²) in [4.78, 5) is 42.4. The van der Waals surface area contributed by atoms with Crippen molar-refractivity contribution in [2.24, 2.45) is 0 Å². The molecule has 8 nitrogen and oxygen atoms in total. The lowest BCUT2D eigenvalue weighted by molar-refractivity contribution is -0.136. The highest BCUT2D eigenvalue weighted by Crippen LogP contribution is 2.33. The van der Waals surface area contributed by atoms with Crippen LogP contribution in [0.3, 0.4) is 0 Å². The van der Waals surface area contributed by atoms with E-state index >= 15 is 0 Å². The highest BCUT2D eigenvalue weighted by molar-refractivity contribution is 6.31. The van der Waals surface area contributed by atoms with Gasteiger partial charge in [0.25, 0.3) is 0 Å². The average Bonchev–Trinajstić information content (AvgIpc) is 3.88. The zero-order valence-electron chi connectivity index (χ0n) is 24.8. The molecular weight excluding hydrogens is 609 g/mol. The van der Waals surface area contributed by atoms with Crippen LogP contribution in [0, 0.1) is 17.5 Å². The number of amides is 3. The predicted octanol–water partition coefficient (Wildman–Crippen LogP) is 4.55. The van der Waals surface area contributed by atoms with Gasteiger partial charge in [0.15, 0.2) is 17.4 Å². The summed E-state index contributed by atoms with van der Waals surface area (Å²) in [7, 11) is 1.57. The number of rotatable bonds is 12. The van der Waals surface area contributed by atoms with Gasteiger partial charge in [-0.2, -0.15) is 4.39 Å². The number of carbonyl (C=O) groups is 3. The number of ether oxygens (including phenoxy) is 1. The van der Waals surface area contributed by atoms with Gasteiger partial charge in [-0.25, -0.2) is 8.78 Å². The Hall–Kier alpha value is -4.09. The summed E-state index contributed by atoms with van der Waals surface area (Å²) >= 11 is 6.51. The smallest absolute Gasteiger partial charge is 0.247 e. The maximum Gasteiger partial charge on any atom is 0.247 e. The summed E-state index contributed by atoms with van der Waals surface area (Å²) in [5.74, 6) is -4.81. The van der Waals surface area contributed by atoms with Crippen LogP contribution >= 0.6 is 11.6 Å². The molecule has 1 saturated carbocycles. The third-order valence-electron chi connectivity index (χ3n) is 7.92. The molecular formula is C33H34ClF3N4O4. The first kappa shape index (κ1) is 32.3. The minimum atomic E-state index is -1.36. The van der Waals surface area contributed by atoms with Gasteiger partial charge in [0.05, 0.1) is 19.6 Å². The molecule has 1 saturated heterocycles. The predicted molar refractivity (Wildman–Crippen MR) is 164 cm³/mol. The molecule has 1 aliphatic carbocycles. The lowest BCUT2D eigenvalue weighted by Gasteiger charge is -2.38. The summed E-state index contributed by atoms with van der Waals surface area (Å²) in [6.45, 7) is 0.603. The molecule has 2 aliphatic rings. The van der Waals surface area contributed by atoms with E-state index in [2.05, 4.69) is 10.6 Å². The van der Waals surface area contributed by atoms with Crippen molar-refractivity contribution in [2.45, 2.75) is 50.7 Å². The molecule has 0 bridgehead atoms. The van der Waals surface area contributed by atoms with Crippen LogP contribution in [0.15, 0.2) is 54.6 Å². The maximum atomic E-state index is 14.1. The number of nitrogens with one attached hydrogen (secondary N) is 2. The molecule has 45 heavy (non-hydrogen) atoms. The number of hydrogen-bond acceptors (Lipinski definition) is 5. The van der Waals surface area contributed by atoms with E-state index in [0.29, 0.717) is 29.6 Å². The molecule has 2 fully saturated rings. The Morgan fingerprint density at radius 2 is 1.76 bits per heavy atom. The van der Waals surface area contributed by atoms with E-state index in [9.17, 15) is 27.6 Å². The van der Waals surface area contributed by atoms with Crippen molar-refractivity contribution in [3.63, 3.8) is 0 Å². The van der Waals surface area contributed by atoms with Crippen LogP contribution in [0.2, 0.25) is 5.02 Å². The molecule has 1 heterocycles. The number of hydrogen-bond donors (Lipinski definition) is 2. The molecule has 238 valence electrons. The second-order valence-corrected chi connectivity index (χ2v) is 11.6. The van der Waals surface area contributed by atoms with Gasteiger partial charge >= 0.3 is 0 Å². The van der Waals surface area contributed by atoms with Crippen LogP contribution in [0.4, 0.5) is 18.9 Å². The lowest BCUT2D eigenvalue weighted by atomic mass is 10.0. The highest BCUT2D eigenvalue weighted by atomic mass is 35.5. The first-order chi connectivity index (χ1) is 21.7. The standard InChI is InChI=1S/C33H34ClF3N4O4/c1-38-29(42)16-21-6-11-25(34)22(15-21)19-40(23-9-10-23)33(44)28-17-39-18-30(43)41(28)24-7-4-20(5-8-24)3-2-14-45-32-27(36)13-12-26(35)31(32)37/h4-8,11-13,15,23,28,39H,2-3,9-10,14,16-19H2,1H3,(H,38,42)/t28-/m1/s1. The molecule has 3 aromatic carbocycles. The molecule has 0 spiro atoms. The first-order valence-corrected chi connectivity index (χ1v) is 15.2. The van der Waals surface area contributed by atoms with E-state index < -0.39 is 29.2 Å². The Labute approximate surface area is 264 Å². The number of benzene rings is 3. The molecule has 5 rings (SSSR count). The molecule has 3 amide bonds. The number of nitrogens with zero attached hydrogens (tertiary/aromatic N) is 2. The minimum Gasteiger partial charge on any atom is -0.488 e. The zero-order chi connectivity index (χ0) is 32.1. The molecule has 12 heteroatoms. The van der Waals surface area contributed by atoms with Crippen LogP contribution < -0.4 is 20.3 Å². The minimum absolute atomic E-state index is 0.0262. The van der Waals surface area contributed by atoms with E-state index in [1.807, 2.05) is 18.2 Å². The number of anilines is 1. The Bertz CT molecular complexity index is 1570. The van der Waals surface area contributed by atoms with E-state index in [1.54, 1.807) is 36.2 Å². The van der Waals surface area contributed by atoms with E-state index in [4.69, 9.17) is 16.3 Å². The SMILES string of the molecule is CNC(=O)Cc1ccc(Cl)c(CN(C(=O)[C@H]2CNCC(=O)N2c2ccc(CCCOc3c(F)ccc(F)c3F)cc2)C2CC2)c1. The topological polar surface area (TPSA) is 91.0 Å². The summed E-state index contributed by atoms with van der Waals surface area (Å²) in [6.07, 6.45) is 2.82. The monoisotopic (exact) mass is 642 g/mol. The zero-order valence-corrected chi connectivity index (χ0v) is 25.5. The Morgan fingerprint density at radius 1 is 1.04 bits per heavy atom. The molecule has 2 N–H and O–H groups in total. The average molecular weight is 643 g/mol. The van der Waals surface area contributed by atoms with Crippen LogP contribution in [0.25, 0.3) is 0 Å². The van der Waals surface area contributed by atoms with Gasteiger partial charge in [-0.1, -0.05) is 35.9 Å². The van der Waals surface area contributed by atoms with Crippen LogP contribution in [-0.2, 0) is 33.8 Å². The van der Waals surface area contributed by atoms with Crippen molar-refractivity contribution in [2.75, 3.05) is 31.6 Å². The summed E-state index contributed by atoms with van der Waals surface area (Å²) in [5.41, 5.74) is 2.98. The molecule has 1 atom stereocenters. The summed E-state index contributed by atoms with van der Waals surface area (Å²) in [6, 6.07) is 13.3. The van der Waals surface area contributed by atoms with Gasteiger partial charge in [0.2, 0.25) is 23.5 Å². The van der Waals surface area contributed by atoms with Crippen molar-refractivity contribution in [1.82, 2.24) is 15.5 Å². The van der Waals surface area contributed by atoms with Crippen LogP contribution in [-0.4, -0.2) is 61.4 Å². The number of aryl methyl sites for hydroxylation is 1. The van der Waals surface area contributed by atoms with Gasteiger partial charge < -0.3 is 20.3 Å². The van der Waals surface area contributed by atoms with Gasteiger partial charge in [0.1, 0.15) is 6.04 Å². The fourth-order valence-electron chi connectivity index (χ4n) is 5.38. The van der Waals surface area contributed by atoms with Crippen molar-refractivity contribution in [1.29, 1.82) is 0 Å². The van der Waals surface area contributed by atoms with E-state index in [0.717, 1.165) is 35.6 Å². The number of likely N-dealkylation sites (N-methyl/N-ethyl adjacent to an activating group) is 1. The van der Waals surface area contributed by atoms with Gasteiger partial charge in [-0.3, -0.25) is 19.3 Å². The fourth-order valence-corrected chi connectivity index (χ4v) is 5.56. The number of carbonyl (C=O) groups excluding carboxylic acids is 3. The second-order valence-electron chi connectivity index (χ2n) is 11.2. The number of halogens is 4. The summed E-state index contributed by atoms with van der Waals surface area (Å²) in [5, 5.41) is 6.17. The van der Waals surface area contributed by atoms with Crippen molar-refractivity contribution >= 4 is 35.0 Å². The van der Waals surface area contributed by atoms with Gasteiger partial charge in [-0.15, -0.1) is 0 Å². The van der Waals surface area contributed by atoms with Crippen LogP contribution in [0.5, 0.6) is 5.75 Å². The summed E-state index contributed by atoms with van der Waals surface area (Å²) < 4.78 is 46.2. The number of piperazine rings is 1. The van der Waals surface area contributed by atoms with E-state index in [1.165, 1.54) is 4.90 Å².